The summed E-state index contributed by atoms with van der Waals surface area (Å²) < 4.78 is 36.7. The van der Waals surface area contributed by atoms with E-state index in [-0.39, 0.29) is 25.3 Å². The van der Waals surface area contributed by atoms with Gasteiger partial charge < -0.3 is 10.0 Å². The number of carbonyl (C=O) groups is 1. The molecule has 0 aromatic heterocycles. The first-order chi connectivity index (χ1) is 7.89. The topological polar surface area (TPSA) is 40.5 Å². The van der Waals surface area contributed by atoms with E-state index in [4.69, 9.17) is 0 Å². The van der Waals surface area contributed by atoms with Crippen LogP contribution in [0.5, 0.6) is 5.75 Å². The van der Waals surface area contributed by atoms with Gasteiger partial charge in [-0.1, -0.05) is 12.1 Å². The zero-order chi connectivity index (χ0) is 12.6. The Morgan fingerprint density at radius 2 is 2.06 bits per heavy atom. The number of phenols is 1. The van der Waals surface area contributed by atoms with Crippen molar-refractivity contribution in [3.8, 4) is 5.75 Å². The predicted octanol–water partition coefficient (Wildman–Crippen LogP) is 1.84. The molecule has 0 bridgehead atoms. The van der Waals surface area contributed by atoms with Crippen LogP contribution in [0.15, 0.2) is 18.2 Å². The van der Waals surface area contributed by atoms with Crippen molar-refractivity contribution in [1.82, 2.24) is 4.90 Å². The first-order valence-corrected chi connectivity index (χ1v) is 5.05. The summed E-state index contributed by atoms with van der Waals surface area (Å²) in [5.74, 6) is -1.76. The first-order valence-electron chi connectivity index (χ1n) is 5.05. The van der Waals surface area contributed by atoms with E-state index in [1.165, 1.54) is 6.07 Å². The highest BCUT2D eigenvalue weighted by molar-refractivity contribution is 5.82. The molecule has 0 atom stereocenters. The molecule has 1 aromatic carbocycles. The molecule has 0 aliphatic carbocycles. The third kappa shape index (κ3) is 2.20. The van der Waals surface area contributed by atoms with Gasteiger partial charge in [0.15, 0.2) is 0 Å². The maximum Gasteiger partial charge on any atom is 0.471 e. The highest BCUT2D eigenvalue weighted by Gasteiger charge is 2.43. The number of benzene rings is 1. The highest BCUT2D eigenvalue weighted by atomic mass is 19.4. The average molecular weight is 245 g/mol. The van der Waals surface area contributed by atoms with Gasteiger partial charge in [0.2, 0.25) is 0 Å². The largest absolute Gasteiger partial charge is 0.508 e. The van der Waals surface area contributed by atoms with Gasteiger partial charge in [0.25, 0.3) is 0 Å². The smallest absolute Gasteiger partial charge is 0.471 e. The van der Waals surface area contributed by atoms with Gasteiger partial charge in [-0.25, -0.2) is 0 Å². The minimum Gasteiger partial charge on any atom is -0.508 e. The first kappa shape index (κ1) is 11.8. The Morgan fingerprint density at radius 3 is 2.71 bits per heavy atom. The SMILES string of the molecule is O=C(N1CCc2c(O)cccc2C1)C(F)(F)F. The molecular formula is C11H10F3NO2. The van der Waals surface area contributed by atoms with Crippen LogP contribution in [-0.2, 0) is 17.8 Å². The Balaban J connectivity index is 2.23. The van der Waals surface area contributed by atoms with Crippen LogP contribution >= 0.6 is 0 Å². The van der Waals surface area contributed by atoms with Crippen molar-refractivity contribution in [2.75, 3.05) is 6.54 Å². The van der Waals surface area contributed by atoms with Gasteiger partial charge in [-0.05, 0) is 18.1 Å². The quantitative estimate of drug-likeness (QED) is 0.757. The zero-order valence-electron chi connectivity index (χ0n) is 8.79. The molecule has 1 aliphatic heterocycles. The molecule has 1 heterocycles. The van der Waals surface area contributed by atoms with Crippen LogP contribution in [0.25, 0.3) is 0 Å². The molecule has 0 radical (unpaired) electrons. The summed E-state index contributed by atoms with van der Waals surface area (Å²) in [6.45, 7) is -0.134. The molecule has 1 aromatic rings. The van der Waals surface area contributed by atoms with Crippen molar-refractivity contribution < 1.29 is 23.1 Å². The summed E-state index contributed by atoms with van der Waals surface area (Å²) in [4.78, 5) is 11.8. The maximum atomic E-state index is 12.2. The molecule has 6 heteroatoms. The van der Waals surface area contributed by atoms with Crippen LogP contribution in [0.1, 0.15) is 11.1 Å². The van der Waals surface area contributed by atoms with E-state index in [1.54, 1.807) is 12.1 Å². The summed E-state index contributed by atoms with van der Waals surface area (Å²) in [6, 6.07) is 4.65. The van der Waals surface area contributed by atoms with E-state index in [0.717, 1.165) is 4.90 Å². The molecule has 17 heavy (non-hydrogen) atoms. The molecule has 1 amide bonds. The third-order valence-corrected chi connectivity index (χ3v) is 2.77. The minimum absolute atomic E-state index is 0.0249. The number of nitrogens with zero attached hydrogens (tertiary/aromatic N) is 1. The van der Waals surface area contributed by atoms with Crippen LogP contribution < -0.4 is 0 Å². The molecule has 1 aliphatic rings. The highest BCUT2D eigenvalue weighted by Crippen LogP contribution is 2.29. The number of phenolic OH excluding ortho intramolecular Hbond substituents is 1. The Hall–Kier alpha value is -1.72. The lowest BCUT2D eigenvalue weighted by Gasteiger charge is -2.29. The Bertz CT molecular complexity index is 457. The molecule has 0 spiro atoms. The molecule has 0 saturated carbocycles. The number of hydrogen-bond donors (Lipinski definition) is 1. The fourth-order valence-electron chi connectivity index (χ4n) is 1.94. The maximum absolute atomic E-state index is 12.2. The van der Waals surface area contributed by atoms with Crippen molar-refractivity contribution in [3.63, 3.8) is 0 Å². The number of aromatic hydroxyl groups is 1. The Labute approximate surface area is 95.5 Å². The van der Waals surface area contributed by atoms with Crippen LogP contribution in [0.2, 0.25) is 0 Å². The summed E-state index contributed by atoms with van der Waals surface area (Å²) >= 11 is 0. The Kier molecular flexibility index (Phi) is 2.73. The van der Waals surface area contributed by atoms with Crippen LogP contribution in [0.3, 0.4) is 0 Å². The van der Waals surface area contributed by atoms with E-state index in [0.29, 0.717) is 11.1 Å². The number of alkyl halides is 3. The van der Waals surface area contributed by atoms with Crippen LogP contribution in [0.4, 0.5) is 13.2 Å². The van der Waals surface area contributed by atoms with Gasteiger partial charge in [-0.3, -0.25) is 4.79 Å². The summed E-state index contributed by atoms with van der Waals surface area (Å²) in [5, 5.41) is 9.52. The fourth-order valence-corrected chi connectivity index (χ4v) is 1.94. The van der Waals surface area contributed by atoms with E-state index in [2.05, 4.69) is 0 Å². The van der Waals surface area contributed by atoms with Gasteiger partial charge >= 0.3 is 12.1 Å². The molecule has 1 N–H and O–H groups in total. The van der Waals surface area contributed by atoms with E-state index < -0.39 is 12.1 Å². The average Bonchev–Trinajstić information content (AvgIpc) is 2.26. The van der Waals surface area contributed by atoms with Crippen molar-refractivity contribution in [2.24, 2.45) is 0 Å². The second kappa shape index (κ2) is 3.94. The second-order valence-electron chi connectivity index (χ2n) is 3.89. The van der Waals surface area contributed by atoms with Gasteiger partial charge in [0.05, 0.1) is 0 Å². The number of halogens is 3. The van der Waals surface area contributed by atoms with E-state index in [1.807, 2.05) is 0 Å². The summed E-state index contributed by atoms with van der Waals surface area (Å²) in [7, 11) is 0. The van der Waals surface area contributed by atoms with Gasteiger partial charge in [0, 0.05) is 18.7 Å². The molecule has 0 unspecified atom stereocenters. The van der Waals surface area contributed by atoms with Gasteiger partial charge in [-0.15, -0.1) is 0 Å². The standard InChI is InChI=1S/C11H10F3NO2/c12-11(13,14)10(17)15-5-4-8-7(6-15)2-1-3-9(8)16/h1-3,16H,4-6H2. The molecular weight excluding hydrogens is 235 g/mol. The lowest BCUT2D eigenvalue weighted by molar-refractivity contribution is -0.186. The fraction of sp³-hybridized carbons (Fsp3) is 0.364. The summed E-state index contributed by atoms with van der Waals surface area (Å²) in [5.41, 5.74) is 1.19. The third-order valence-electron chi connectivity index (χ3n) is 2.77. The molecule has 2 rings (SSSR count). The van der Waals surface area contributed by atoms with Crippen LogP contribution in [-0.4, -0.2) is 28.6 Å². The second-order valence-corrected chi connectivity index (χ2v) is 3.89. The van der Waals surface area contributed by atoms with E-state index >= 15 is 0 Å². The normalized spacial score (nSPS) is 15.6. The Morgan fingerprint density at radius 1 is 1.35 bits per heavy atom. The molecule has 92 valence electrons. The monoisotopic (exact) mass is 245 g/mol. The number of carbonyl (C=O) groups excluding carboxylic acids is 1. The summed E-state index contributed by atoms with van der Waals surface area (Å²) in [6.07, 6.45) is -4.60. The predicted molar refractivity (Wildman–Crippen MR) is 53.3 cm³/mol. The lowest BCUT2D eigenvalue weighted by Crippen LogP contribution is -2.43. The lowest BCUT2D eigenvalue weighted by atomic mass is 9.99. The van der Waals surface area contributed by atoms with Gasteiger partial charge in [0.1, 0.15) is 5.75 Å². The van der Waals surface area contributed by atoms with Crippen molar-refractivity contribution >= 4 is 5.91 Å². The van der Waals surface area contributed by atoms with Crippen molar-refractivity contribution in [2.45, 2.75) is 19.1 Å². The molecule has 0 fully saturated rings. The number of rotatable bonds is 0. The molecule has 0 saturated heterocycles. The zero-order valence-corrected chi connectivity index (χ0v) is 8.79. The van der Waals surface area contributed by atoms with E-state index in [9.17, 15) is 23.1 Å². The van der Waals surface area contributed by atoms with Crippen LogP contribution in [0, 0.1) is 0 Å². The minimum atomic E-state index is -4.84. The van der Waals surface area contributed by atoms with Crippen molar-refractivity contribution in [1.29, 1.82) is 0 Å². The molecule has 3 nitrogen and oxygen atoms in total. The van der Waals surface area contributed by atoms with Crippen molar-refractivity contribution in [3.05, 3.63) is 29.3 Å². The van der Waals surface area contributed by atoms with Gasteiger partial charge in [-0.2, -0.15) is 13.2 Å². The number of amides is 1. The number of fused-ring (bicyclic) bond motifs is 1. The number of hydrogen-bond acceptors (Lipinski definition) is 2.